The molecule has 0 aliphatic carbocycles. The minimum absolute atomic E-state index is 0.277. The van der Waals surface area contributed by atoms with Crippen LogP contribution in [0.25, 0.3) is 0 Å². The molecule has 0 spiro atoms. The van der Waals surface area contributed by atoms with Gasteiger partial charge in [-0.25, -0.2) is 0 Å². The second kappa shape index (κ2) is 10.8. The predicted molar refractivity (Wildman–Crippen MR) is 111 cm³/mol. The lowest BCUT2D eigenvalue weighted by atomic mass is 10.2. The molecule has 0 heterocycles. The van der Waals surface area contributed by atoms with Gasteiger partial charge in [0.1, 0.15) is 5.75 Å². The van der Waals surface area contributed by atoms with Gasteiger partial charge in [-0.2, -0.15) is 0 Å². The van der Waals surface area contributed by atoms with E-state index >= 15 is 0 Å². The van der Waals surface area contributed by atoms with Gasteiger partial charge >= 0.3 is 0 Å². The Morgan fingerprint density at radius 3 is 2.41 bits per heavy atom. The van der Waals surface area contributed by atoms with E-state index in [0.29, 0.717) is 34.4 Å². The van der Waals surface area contributed by atoms with Crippen LogP contribution in [0, 0.1) is 0 Å². The Morgan fingerprint density at radius 1 is 1.03 bits per heavy atom. The van der Waals surface area contributed by atoms with Crippen LogP contribution in [0.1, 0.15) is 30.6 Å². The lowest BCUT2D eigenvalue weighted by molar-refractivity contribution is -0.128. The van der Waals surface area contributed by atoms with Crippen molar-refractivity contribution in [2.24, 2.45) is 0 Å². The van der Waals surface area contributed by atoms with Crippen molar-refractivity contribution in [1.82, 2.24) is 10.9 Å². The van der Waals surface area contributed by atoms with Crippen LogP contribution in [0.4, 0.5) is 0 Å². The Balaban J connectivity index is 1.94. The molecular formula is C20H22Cl2N2O5. The van der Waals surface area contributed by atoms with Gasteiger partial charge in [-0.05, 0) is 49.7 Å². The van der Waals surface area contributed by atoms with Gasteiger partial charge < -0.3 is 14.2 Å². The number of amides is 2. The third kappa shape index (κ3) is 6.44. The summed E-state index contributed by atoms with van der Waals surface area (Å²) in [6.07, 6.45) is -0.0628. The van der Waals surface area contributed by atoms with Gasteiger partial charge in [-0.15, -0.1) is 0 Å². The molecule has 2 rings (SSSR count). The molecule has 0 fully saturated rings. The summed E-state index contributed by atoms with van der Waals surface area (Å²) in [4.78, 5) is 24.5. The number of rotatable bonds is 8. The zero-order valence-electron chi connectivity index (χ0n) is 16.3. The summed E-state index contributed by atoms with van der Waals surface area (Å²) < 4.78 is 16.3. The third-order valence-electron chi connectivity index (χ3n) is 3.75. The molecule has 1 unspecified atom stereocenters. The molecule has 156 valence electrons. The molecule has 0 radical (unpaired) electrons. The summed E-state index contributed by atoms with van der Waals surface area (Å²) in [5.74, 6) is 0.190. The largest absolute Gasteiger partial charge is 0.493 e. The van der Waals surface area contributed by atoms with Crippen LogP contribution in [-0.2, 0) is 4.79 Å². The second-order valence-electron chi connectivity index (χ2n) is 5.99. The summed E-state index contributed by atoms with van der Waals surface area (Å²) in [6, 6.07) is 9.39. The number of halogens is 2. The number of hydrogen-bond donors (Lipinski definition) is 2. The quantitative estimate of drug-likeness (QED) is 0.605. The molecule has 0 aromatic heterocycles. The molecule has 2 aromatic carbocycles. The van der Waals surface area contributed by atoms with Crippen molar-refractivity contribution in [3.8, 4) is 17.2 Å². The summed E-state index contributed by atoms with van der Waals surface area (Å²) in [7, 11) is 1.48. The van der Waals surface area contributed by atoms with E-state index in [1.54, 1.807) is 24.3 Å². The van der Waals surface area contributed by atoms with Crippen molar-refractivity contribution < 1.29 is 23.8 Å². The minimum Gasteiger partial charge on any atom is -0.493 e. The van der Waals surface area contributed by atoms with Crippen molar-refractivity contribution in [2.45, 2.75) is 26.4 Å². The summed E-state index contributed by atoms with van der Waals surface area (Å²) >= 11 is 11.9. The highest BCUT2D eigenvalue weighted by atomic mass is 35.5. The normalized spacial score (nSPS) is 11.3. The van der Waals surface area contributed by atoms with Crippen LogP contribution in [0.5, 0.6) is 17.2 Å². The van der Waals surface area contributed by atoms with Gasteiger partial charge in [0.05, 0.1) is 18.7 Å². The number of nitrogens with one attached hydrogen (secondary N) is 2. The maximum absolute atomic E-state index is 12.3. The van der Waals surface area contributed by atoms with Crippen molar-refractivity contribution >= 4 is 35.0 Å². The van der Waals surface area contributed by atoms with Crippen LogP contribution in [0.15, 0.2) is 36.4 Å². The van der Waals surface area contributed by atoms with Crippen LogP contribution in [0.3, 0.4) is 0 Å². The van der Waals surface area contributed by atoms with Crippen molar-refractivity contribution in [3.05, 3.63) is 52.0 Å². The summed E-state index contributed by atoms with van der Waals surface area (Å²) in [6.45, 7) is 4.05. The molecule has 9 heteroatoms. The van der Waals surface area contributed by atoms with E-state index in [4.69, 9.17) is 37.4 Å². The third-order valence-corrected chi connectivity index (χ3v) is 4.28. The van der Waals surface area contributed by atoms with Crippen molar-refractivity contribution in [2.75, 3.05) is 13.7 Å². The van der Waals surface area contributed by atoms with Crippen LogP contribution < -0.4 is 25.1 Å². The van der Waals surface area contributed by atoms with E-state index < -0.39 is 17.9 Å². The fraction of sp³-hybridized carbons (Fsp3) is 0.300. The SMILES string of the molecule is CCCOc1ccc(C(=O)NNC(=O)C(C)Oc2ccc(Cl)cc2Cl)cc1OC. The minimum atomic E-state index is -0.909. The molecule has 2 N–H and O–H groups in total. The molecule has 0 saturated heterocycles. The maximum atomic E-state index is 12.3. The fourth-order valence-corrected chi connectivity index (χ4v) is 2.70. The van der Waals surface area contributed by atoms with E-state index in [-0.39, 0.29) is 5.02 Å². The molecule has 1 atom stereocenters. The Labute approximate surface area is 179 Å². The van der Waals surface area contributed by atoms with E-state index in [1.807, 2.05) is 6.92 Å². The first-order valence-corrected chi connectivity index (χ1v) is 9.64. The van der Waals surface area contributed by atoms with Gasteiger partial charge in [0.2, 0.25) is 0 Å². The average molecular weight is 441 g/mol. The molecule has 0 aliphatic rings. The highest BCUT2D eigenvalue weighted by Crippen LogP contribution is 2.29. The average Bonchev–Trinajstić information content (AvgIpc) is 2.71. The lowest BCUT2D eigenvalue weighted by Crippen LogP contribution is -2.47. The molecule has 29 heavy (non-hydrogen) atoms. The second-order valence-corrected chi connectivity index (χ2v) is 6.84. The topological polar surface area (TPSA) is 85.9 Å². The summed E-state index contributed by atoms with van der Waals surface area (Å²) in [5.41, 5.74) is 4.94. The Morgan fingerprint density at radius 2 is 1.76 bits per heavy atom. The predicted octanol–water partition coefficient (Wildman–Crippen LogP) is 4.02. The molecular weight excluding hydrogens is 419 g/mol. The number of hydrogen-bond acceptors (Lipinski definition) is 5. The first kappa shape index (κ1) is 22.6. The monoisotopic (exact) mass is 440 g/mol. The molecule has 2 aromatic rings. The number of hydrazine groups is 1. The number of carbonyl (C=O) groups excluding carboxylic acids is 2. The van der Waals surface area contributed by atoms with Crippen molar-refractivity contribution in [1.29, 1.82) is 0 Å². The Bertz CT molecular complexity index is 876. The first-order valence-electron chi connectivity index (χ1n) is 8.88. The number of ether oxygens (including phenoxy) is 3. The van der Waals surface area contributed by atoms with E-state index in [2.05, 4.69) is 10.9 Å². The fourth-order valence-electron chi connectivity index (χ4n) is 2.25. The molecule has 0 saturated carbocycles. The van der Waals surface area contributed by atoms with E-state index in [9.17, 15) is 9.59 Å². The zero-order chi connectivity index (χ0) is 21.4. The molecule has 0 bridgehead atoms. The zero-order valence-corrected chi connectivity index (χ0v) is 17.8. The number of methoxy groups -OCH3 is 1. The van der Waals surface area contributed by atoms with Crippen molar-refractivity contribution in [3.63, 3.8) is 0 Å². The molecule has 7 nitrogen and oxygen atoms in total. The van der Waals surface area contributed by atoms with Crippen LogP contribution >= 0.6 is 23.2 Å². The van der Waals surface area contributed by atoms with Gasteiger partial charge in [0, 0.05) is 10.6 Å². The Kier molecular flexibility index (Phi) is 8.42. The number of benzene rings is 2. The summed E-state index contributed by atoms with van der Waals surface area (Å²) in [5, 5.41) is 0.729. The highest BCUT2D eigenvalue weighted by molar-refractivity contribution is 6.35. The highest BCUT2D eigenvalue weighted by Gasteiger charge is 2.18. The smallest absolute Gasteiger partial charge is 0.279 e. The van der Waals surface area contributed by atoms with Gasteiger partial charge in [0.15, 0.2) is 17.6 Å². The van der Waals surface area contributed by atoms with Gasteiger partial charge in [-0.1, -0.05) is 30.1 Å². The maximum Gasteiger partial charge on any atom is 0.279 e. The van der Waals surface area contributed by atoms with E-state index in [0.717, 1.165) is 6.42 Å². The van der Waals surface area contributed by atoms with Crippen LogP contribution in [-0.4, -0.2) is 31.6 Å². The Hall–Kier alpha value is -2.64. The van der Waals surface area contributed by atoms with Gasteiger partial charge in [-0.3, -0.25) is 20.4 Å². The van der Waals surface area contributed by atoms with Crippen LogP contribution in [0.2, 0.25) is 10.0 Å². The van der Waals surface area contributed by atoms with E-state index in [1.165, 1.54) is 26.2 Å². The van der Waals surface area contributed by atoms with Gasteiger partial charge in [0.25, 0.3) is 11.8 Å². The molecule has 0 aliphatic heterocycles. The first-order chi connectivity index (χ1) is 13.8. The molecule has 2 amide bonds. The lowest BCUT2D eigenvalue weighted by Gasteiger charge is -2.16. The standard InChI is InChI=1S/C20H22Cl2N2O5/c1-4-9-28-17-7-5-13(10-18(17)27-3)20(26)24-23-19(25)12(2)29-16-8-6-14(21)11-15(16)22/h5-8,10-12H,4,9H2,1-3H3,(H,23,25)(H,24,26). The number of carbonyl (C=O) groups is 2.